The van der Waals surface area contributed by atoms with E-state index in [1.165, 1.54) is 6.07 Å². The third-order valence-electron chi connectivity index (χ3n) is 3.91. The Balaban J connectivity index is 2.14. The van der Waals surface area contributed by atoms with Gasteiger partial charge in [0.15, 0.2) is 0 Å². The number of rotatable bonds is 2. The van der Waals surface area contributed by atoms with Crippen LogP contribution < -0.4 is 10.6 Å². The number of nitro benzene ring substituents is 1. The van der Waals surface area contributed by atoms with Gasteiger partial charge in [-0.05, 0) is 31.9 Å². The summed E-state index contributed by atoms with van der Waals surface area (Å²) in [6.45, 7) is 3.64. The summed E-state index contributed by atoms with van der Waals surface area (Å²) >= 11 is 0. The number of anilines is 1. The van der Waals surface area contributed by atoms with Gasteiger partial charge in [0.1, 0.15) is 0 Å². The number of fused-ring (bicyclic) bond motifs is 1. The van der Waals surface area contributed by atoms with Crippen LogP contribution in [0.2, 0.25) is 0 Å². The van der Waals surface area contributed by atoms with Crippen LogP contribution in [0, 0.1) is 17.0 Å². The smallest absolute Gasteiger partial charge is 0.270 e. The topological polar surface area (TPSA) is 85.3 Å². The van der Waals surface area contributed by atoms with Crippen molar-refractivity contribution in [2.45, 2.75) is 25.8 Å². The zero-order valence-corrected chi connectivity index (χ0v) is 12.0. The average Bonchev–Trinajstić information content (AvgIpc) is 2.45. The van der Waals surface area contributed by atoms with E-state index in [0.717, 1.165) is 48.2 Å². The largest absolute Gasteiger partial charge is 0.369 e. The van der Waals surface area contributed by atoms with Gasteiger partial charge in [-0.1, -0.05) is 0 Å². The van der Waals surface area contributed by atoms with Crippen LogP contribution in [0.4, 0.5) is 11.4 Å². The van der Waals surface area contributed by atoms with Crippen LogP contribution >= 0.6 is 0 Å². The van der Waals surface area contributed by atoms with Crippen LogP contribution in [0.25, 0.3) is 10.9 Å². The Morgan fingerprint density at radius 1 is 1.43 bits per heavy atom. The van der Waals surface area contributed by atoms with E-state index in [2.05, 4.69) is 9.88 Å². The van der Waals surface area contributed by atoms with Crippen LogP contribution in [0.5, 0.6) is 0 Å². The lowest BCUT2D eigenvalue weighted by molar-refractivity contribution is -0.384. The summed E-state index contributed by atoms with van der Waals surface area (Å²) < 4.78 is 0. The van der Waals surface area contributed by atoms with Gasteiger partial charge in [-0.2, -0.15) is 0 Å². The number of pyridine rings is 1. The van der Waals surface area contributed by atoms with Gasteiger partial charge in [0.2, 0.25) is 0 Å². The molecule has 0 bridgehead atoms. The van der Waals surface area contributed by atoms with Gasteiger partial charge in [-0.3, -0.25) is 15.1 Å². The Hall–Kier alpha value is -2.21. The minimum Gasteiger partial charge on any atom is -0.369 e. The fraction of sp³-hybridized carbons (Fsp3) is 0.400. The summed E-state index contributed by atoms with van der Waals surface area (Å²) in [5.41, 5.74) is 8.84. The number of nitro groups is 1. The van der Waals surface area contributed by atoms with Crippen molar-refractivity contribution in [1.82, 2.24) is 4.98 Å². The van der Waals surface area contributed by atoms with Crippen LogP contribution in [0.15, 0.2) is 24.3 Å². The highest BCUT2D eigenvalue weighted by atomic mass is 16.6. The molecule has 0 saturated carbocycles. The quantitative estimate of drug-likeness (QED) is 0.676. The molecule has 110 valence electrons. The first-order valence-electron chi connectivity index (χ1n) is 7.11. The zero-order valence-electron chi connectivity index (χ0n) is 12.0. The highest BCUT2D eigenvalue weighted by Gasteiger charge is 2.20. The molecule has 1 aliphatic rings. The van der Waals surface area contributed by atoms with Crippen LogP contribution in [0.3, 0.4) is 0 Å². The van der Waals surface area contributed by atoms with E-state index in [1.807, 2.05) is 13.0 Å². The Kier molecular flexibility index (Phi) is 3.47. The van der Waals surface area contributed by atoms with Crippen molar-refractivity contribution >= 4 is 22.3 Å². The monoisotopic (exact) mass is 286 g/mol. The van der Waals surface area contributed by atoms with E-state index in [1.54, 1.807) is 12.1 Å². The first-order valence-corrected chi connectivity index (χ1v) is 7.11. The summed E-state index contributed by atoms with van der Waals surface area (Å²) in [7, 11) is 0. The molecule has 0 radical (unpaired) electrons. The highest BCUT2D eigenvalue weighted by Crippen LogP contribution is 2.31. The molecule has 1 aromatic heterocycles. The van der Waals surface area contributed by atoms with Crippen molar-refractivity contribution in [1.29, 1.82) is 0 Å². The second-order valence-corrected chi connectivity index (χ2v) is 5.59. The average molecular weight is 286 g/mol. The molecular weight excluding hydrogens is 268 g/mol. The molecule has 21 heavy (non-hydrogen) atoms. The van der Waals surface area contributed by atoms with E-state index in [9.17, 15) is 10.1 Å². The van der Waals surface area contributed by atoms with Crippen LogP contribution in [-0.4, -0.2) is 29.0 Å². The number of nitrogens with zero attached hydrogens (tertiary/aromatic N) is 3. The Morgan fingerprint density at radius 2 is 2.24 bits per heavy atom. The first-order chi connectivity index (χ1) is 10.0. The highest BCUT2D eigenvalue weighted by molar-refractivity contribution is 5.93. The van der Waals surface area contributed by atoms with E-state index < -0.39 is 0 Å². The van der Waals surface area contributed by atoms with E-state index in [-0.39, 0.29) is 16.7 Å². The zero-order chi connectivity index (χ0) is 15.0. The maximum absolute atomic E-state index is 11.0. The van der Waals surface area contributed by atoms with Crippen molar-refractivity contribution < 1.29 is 4.92 Å². The Bertz CT molecular complexity index is 701. The molecular formula is C15H18N4O2. The van der Waals surface area contributed by atoms with Crippen LogP contribution in [-0.2, 0) is 0 Å². The van der Waals surface area contributed by atoms with Gasteiger partial charge in [-0.15, -0.1) is 0 Å². The van der Waals surface area contributed by atoms with Crippen molar-refractivity contribution in [3.63, 3.8) is 0 Å². The van der Waals surface area contributed by atoms with Gasteiger partial charge in [0.25, 0.3) is 5.69 Å². The molecule has 1 fully saturated rings. The molecule has 6 nitrogen and oxygen atoms in total. The van der Waals surface area contributed by atoms with Gasteiger partial charge in [0.05, 0.1) is 10.4 Å². The Morgan fingerprint density at radius 3 is 2.95 bits per heavy atom. The lowest BCUT2D eigenvalue weighted by Gasteiger charge is -2.33. The number of benzene rings is 1. The molecule has 1 unspecified atom stereocenters. The molecule has 1 aromatic carbocycles. The lowest BCUT2D eigenvalue weighted by Crippen LogP contribution is -2.43. The van der Waals surface area contributed by atoms with E-state index >= 15 is 0 Å². The maximum atomic E-state index is 11.0. The number of aryl methyl sites for hydroxylation is 1. The summed E-state index contributed by atoms with van der Waals surface area (Å²) in [5, 5.41) is 11.8. The minimum atomic E-state index is -0.370. The predicted molar refractivity (Wildman–Crippen MR) is 82.6 cm³/mol. The molecule has 0 aliphatic carbocycles. The fourth-order valence-electron chi connectivity index (χ4n) is 2.93. The predicted octanol–water partition coefficient (Wildman–Crippen LogP) is 2.38. The van der Waals surface area contributed by atoms with Gasteiger partial charge in [0, 0.05) is 48.0 Å². The minimum absolute atomic E-state index is 0.0933. The summed E-state index contributed by atoms with van der Waals surface area (Å²) in [6.07, 6.45) is 2.07. The molecule has 2 aromatic rings. The molecule has 3 rings (SSSR count). The number of non-ortho nitro benzene ring substituents is 1. The van der Waals surface area contributed by atoms with Crippen molar-refractivity contribution in [3.05, 3.63) is 40.1 Å². The maximum Gasteiger partial charge on any atom is 0.270 e. The third kappa shape index (κ3) is 2.67. The second-order valence-electron chi connectivity index (χ2n) is 5.59. The molecule has 0 spiro atoms. The molecule has 2 N–H and O–H groups in total. The van der Waals surface area contributed by atoms with Gasteiger partial charge >= 0.3 is 0 Å². The molecule has 1 atom stereocenters. The molecule has 1 saturated heterocycles. The Labute approximate surface area is 122 Å². The van der Waals surface area contributed by atoms with Crippen molar-refractivity contribution in [3.8, 4) is 0 Å². The normalized spacial score (nSPS) is 19.0. The van der Waals surface area contributed by atoms with Gasteiger partial charge < -0.3 is 10.6 Å². The lowest BCUT2D eigenvalue weighted by atomic mass is 10.0. The SMILES string of the molecule is Cc1cc(N2CCCC(N)C2)c2cc([N+](=O)[O-])ccc2n1. The number of hydrogen-bond donors (Lipinski definition) is 1. The molecule has 1 aliphatic heterocycles. The molecule has 6 heteroatoms. The van der Waals surface area contributed by atoms with E-state index in [4.69, 9.17) is 5.73 Å². The number of aromatic nitrogens is 1. The van der Waals surface area contributed by atoms with Crippen LogP contribution in [0.1, 0.15) is 18.5 Å². The first kappa shape index (κ1) is 13.8. The number of nitrogens with two attached hydrogens (primary N) is 1. The molecule has 2 heterocycles. The summed E-state index contributed by atoms with van der Waals surface area (Å²) in [4.78, 5) is 17.3. The van der Waals surface area contributed by atoms with Crippen molar-refractivity contribution in [2.24, 2.45) is 5.73 Å². The van der Waals surface area contributed by atoms with E-state index in [0.29, 0.717) is 0 Å². The summed E-state index contributed by atoms with van der Waals surface area (Å²) in [5.74, 6) is 0. The van der Waals surface area contributed by atoms with Gasteiger partial charge in [-0.25, -0.2) is 0 Å². The third-order valence-corrected chi connectivity index (χ3v) is 3.91. The van der Waals surface area contributed by atoms with Crippen molar-refractivity contribution in [2.75, 3.05) is 18.0 Å². The number of hydrogen-bond acceptors (Lipinski definition) is 5. The molecule has 0 amide bonds. The summed E-state index contributed by atoms with van der Waals surface area (Å²) in [6, 6.07) is 6.97. The second kappa shape index (κ2) is 5.29. The fourth-order valence-corrected chi connectivity index (χ4v) is 2.93. The number of piperidine rings is 1. The standard InChI is InChI=1S/C15H18N4O2/c1-10-7-15(18-6-2-3-11(16)9-18)13-8-12(19(20)21)4-5-14(13)17-10/h4-5,7-8,11H,2-3,6,9,16H2,1H3.